The lowest BCUT2D eigenvalue weighted by Gasteiger charge is -2.39. The first-order chi connectivity index (χ1) is 21.7. The summed E-state index contributed by atoms with van der Waals surface area (Å²) in [6.07, 6.45) is 6.49. The Morgan fingerprint density at radius 2 is 1.76 bits per heavy atom. The van der Waals surface area contributed by atoms with Gasteiger partial charge in [-0.3, -0.25) is 29.2 Å². The number of hydrogen-bond acceptors (Lipinski definition) is 7. The number of nitrogens with zero attached hydrogens (tertiary/aromatic N) is 2. The van der Waals surface area contributed by atoms with E-state index in [2.05, 4.69) is 16.0 Å². The van der Waals surface area contributed by atoms with Crippen molar-refractivity contribution in [1.29, 1.82) is 0 Å². The van der Waals surface area contributed by atoms with Gasteiger partial charge in [-0.2, -0.15) is 4.73 Å². The van der Waals surface area contributed by atoms with Crippen LogP contribution in [-0.4, -0.2) is 82.2 Å². The third kappa shape index (κ3) is 8.13. The van der Waals surface area contributed by atoms with Crippen LogP contribution in [0.15, 0.2) is 30.5 Å². The first kappa shape index (κ1) is 33.8. The number of fused-ring (bicyclic) bond motifs is 2. The van der Waals surface area contributed by atoms with Crippen molar-refractivity contribution in [3.63, 3.8) is 0 Å². The third-order valence-electron chi connectivity index (χ3n) is 9.03. The second-order valence-electron chi connectivity index (χ2n) is 12.1. The van der Waals surface area contributed by atoms with Crippen LogP contribution in [0.1, 0.15) is 77.2 Å². The van der Waals surface area contributed by atoms with E-state index < -0.39 is 47.8 Å². The molecule has 0 bridgehead atoms. The highest BCUT2D eigenvalue weighted by Crippen LogP contribution is 2.24. The molecule has 0 saturated carbocycles. The lowest BCUT2D eigenvalue weighted by atomic mass is 9.93. The fourth-order valence-corrected chi connectivity index (χ4v) is 6.22. The number of hydroxylamine groups is 1. The molecule has 13 nitrogen and oxygen atoms in total. The molecule has 5 N–H and O–H groups in total. The monoisotopic (exact) mass is 626 g/mol. The minimum atomic E-state index is -1.04. The van der Waals surface area contributed by atoms with E-state index in [0.29, 0.717) is 38.6 Å². The average molecular weight is 627 g/mol. The maximum absolute atomic E-state index is 14.0. The molecule has 5 atom stereocenters. The Morgan fingerprint density at radius 1 is 1.02 bits per heavy atom. The standard InChI is InChI=1S/C32H46N6O7/c1-4-20(2)28-32(43)37-17-11-10-15-26(37)31(42)33-23(13-6-5-7-16-27(39)36-44)29(40)34-24(30(41)35-28)18-21-19-38(45-3)25-14-9-8-12-22(21)25/h8-9,12,14,19-20,23-24,26,28,44H,4-7,10-11,13,15-18H2,1-3H3,(H,33,42)(H,34,40)(H,35,41)(H,36,39)/t20?,23-,24-,26+,28-/m0/s1. The molecular weight excluding hydrogens is 580 g/mol. The molecule has 2 aliphatic heterocycles. The summed E-state index contributed by atoms with van der Waals surface area (Å²) in [5.74, 6) is -2.36. The molecule has 2 aliphatic rings. The number of aromatic nitrogens is 1. The van der Waals surface area contributed by atoms with Gasteiger partial charge >= 0.3 is 0 Å². The quantitative estimate of drug-likeness (QED) is 0.143. The van der Waals surface area contributed by atoms with Crippen LogP contribution < -0.4 is 26.3 Å². The van der Waals surface area contributed by atoms with Crippen LogP contribution in [-0.2, 0) is 30.4 Å². The fraction of sp³-hybridized carbons (Fsp3) is 0.594. The van der Waals surface area contributed by atoms with Gasteiger partial charge in [0.15, 0.2) is 0 Å². The summed E-state index contributed by atoms with van der Waals surface area (Å²) in [4.78, 5) is 74.0. The number of rotatable bonds is 11. The lowest BCUT2D eigenvalue weighted by molar-refractivity contribution is -0.147. The van der Waals surface area contributed by atoms with Gasteiger partial charge in [0.2, 0.25) is 29.5 Å². The van der Waals surface area contributed by atoms with Gasteiger partial charge in [0.1, 0.15) is 31.3 Å². The number of para-hydroxylation sites is 1. The van der Waals surface area contributed by atoms with E-state index in [-0.39, 0.29) is 31.1 Å². The van der Waals surface area contributed by atoms with Crippen LogP contribution in [0, 0.1) is 5.92 Å². The summed E-state index contributed by atoms with van der Waals surface area (Å²) in [6.45, 7) is 4.23. The molecule has 246 valence electrons. The van der Waals surface area contributed by atoms with Crippen molar-refractivity contribution >= 4 is 40.4 Å². The normalized spacial score (nSPS) is 23.6. The van der Waals surface area contributed by atoms with Crippen molar-refractivity contribution in [2.24, 2.45) is 5.92 Å². The van der Waals surface area contributed by atoms with Gasteiger partial charge in [0, 0.05) is 31.0 Å². The highest BCUT2D eigenvalue weighted by atomic mass is 16.6. The summed E-state index contributed by atoms with van der Waals surface area (Å²) in [5, 5.41) is 18.3. The molecular formula is C32H46N6O7. The van der Waals surface area contributed by atoms with Crippen molar-refractivity contribution in [2.75, 3.05) is 13.7 Å². The highest BCUT2D eigenvalue weighted by Gasteiger charge is 2.40. The molecule has 3 heterocycles. The zero-order valence-electron chi connectivity index (χ0n) is 26.3. The van der Waals surface area contributed by atoms with E-state index in [1.54, 1.807) is 28.4 Å². The van der Waals surface area contributed by atoms with Gasteiger partial charge in [0.05, 0.1) is 5.52 Å². The Balaban J connectivity index is 1.66. The Kier molecular flexibility index (Phi) is 11.8. The number of unbranched alkanes of at least 4 members (excludes halogenated alkanes) is 2. The van der Waals surface area contributed by atoms with Gasteiger partial charge in [-0.05, 0) is 49.7 Å². The summed E-state index contributed by atoms with van der Waals surface area (Å²) >= 11 is 0. The van der Waals surface area contributed by atoms with Gasteiger partial charge in [-0.15, -0.1) is 0 Å². The number of benzene rings is 1. The molecule has 2 saturated heterocycles. The second-order valence-corrected chi connectivity index (χ2v) is 12.1. The van der Waals surface area contributed by atoms with E-state index in [0.717, 1.165) is 29.3 Å². The van der Waals surface area contributed by atoms with Crippen LogP contribution in [0.5, 0.6) is 0 Å². The first-order valence-corrected chi connectivity index (χ1v) is 16.0. The van der Waals surface area contributed by atoms with Crippen molar-refractivity contribution < 1.29 is 34.0 Å². The molecule has 0 aliphatic carbocycles. The van der Waals surface area contributed by atoms with Crippen molar-refractivity contribution in [1.82, 2.24) is 31.1 Å². The van der Waals surface area contributed by atoms with Crippen LogP contribution in [0.3, 0.4) is 0 Å². The Labute approximate surface area is 263 Å². The molecule has 13 heteroatoms. The van der Waals surface area contributed by atoms with Gasteiger partial charge in [-0.25, -0.2) is 5.48 Å². The molecule has 0 radical (unpaired) electrons. The topological polar surface area (TPSA) is 171 Å². The number of nitrogens with one attached hydrogen (secondary N) is 4. The Hall–Kier alpha value is -4.13. The molecule has 1 unspecified atom stereocenters. The van der Waals surface area contributed by atoms with Crippen LogP contribution in [0.25, 0.3) is 10.9 Å². The largest absolute Gasteiger partial charge is 0.417 e. The molecule has 2 aromatic rings. The smallest absolute Gasteiger partial charge is 0.246 e. The van der Waals surface area contributed by atoms with E-state index in [1.807, 2.05) is 38.1 Å². The van der Waals surface area contributed by atoms with Gasteiger partial charge in [-0.1, -0.05) is 51.3 Å². The van der Waals surface area contributed by atoms with Gasteiger partial charge in [0.25, 0.3) is 0 Å². The third-order valence-corrected chi connectivity index (χ3v) is 9.03. The average Bonchev–Trinajstić information content (AvgIpc) is 3.41. The van der Waals surface area contributed by atoms with Crippen LogP contribution >= 0.6 is 0 Å². The van der Waals surface area contributed by atoms with E-state index in [9.17, 15) is 24.0 Å². The summed E-state index contributed by atoms with van der Waals surface area (Å²) in [5.41, 5.74) is 3.18. The molecule has 1 aromatic heterocycles. The highest BCUT2D eigenvalue weighted by molar-refractivity contribution is 5.98. The molecule has 0 spiro atoms. The SMILES string of the molecule is CCC(C)[C@@H]1NC(=O)[C@H](Cc2cn(OC)c3ccccc23)NC(=O)[C@H](CCCCCC(=O)NO)NC(=O)[C@H]2CCCCN2C1=O. The molecule has 1 aromatic carbocycles. The maximum atomic E-state index is 14.0. The number of amides is 5. The van der Waals surface area contributed by atoms with Crippen molar-refractivity contribution in [3.05, 3.63) is 36.0 Å². The predicted molar refractivity (Wildman–Crippen MR) is 166 cm³/mol. The Bertz CT molecular complexity index is 1380. The molecule has 45 heavy (non-hydrogen) atoms. The van der Waals surface area contributed by atoms with E-state index in [4.69, 9.17) is 10.0 Å². The second kappa shape index (κ2) is 15.7. The minimum absolute atomic E-state index is 0.124. The zero-order valence-corrected chi connectivity index (χ0v) is 26.3. The number of hydrogen-bond donors (Lipinski definition) is 5. The number of carbonyl (C=O) groups is 5. The summed E-state index contributed by atoms with van der Waals surface area (Å²) < 4.78 is 1.60. The van der Waals surface area contributed by atoms with Crippen LogP contribution in [0.4, 0.5) is 0 Å². The van der Waals surface area contributed by atoms with E-state index >= 15 is 0 Å². The first-order valence-electron chi connectivity index (χ1n) is 16.0. The zero-order chi connectivity index (χ0) is 32.5. The summed E-state index contributed by atoms with van der Waals surface area (Å²) in [6, 6.07) is 3.97. The van der Waals surface area contributed by atoms with Crippen LogP contribution in [0.2, 0.25) is 0 Å². The molecule has 2 fully saturated rings. The lowest BCUT2D eigenvalue weighted by Crippen LogP contribution is -2.64. The number of carbonyl (C=O) groups excluding carboxylic acids is 5. The van der Waals surface area contributed by atoms with Gasteiger partial charge < -0.3 is 25.7 Å². The fourth-order valence-electron chi connectivity index (χ4n) is 6.22. The maximum Gasteiger partial charge on any atom is 0.246 e. The van der Waals surface area contributed by atoms with E-state index in [1.165, 1.54) is 0 Å². The predicted octanol–water partition coefficient (Wildman–Crippen LogP) is 1.59. The number of piperidine rings is 1. The Morgan fingerprint density at radius 3 is 2.49 bits per heavy atom. The molecule has 4 rings (SSSR count). The summed E-state index contributed by atoms with van der Waals surface area (Å²) in [7, 11) is 1.54. The van der Waals surface area contributed by atoms with Crippen molar-refractivity contribution in [3.8, 4) is 0 Å². The minimum Gasteiger partial charge on any atom is -0.417 e. The molecule has 5 amide bonds. The van der Waals surface area contributed by atoms with Crippen molar-refractivity contribution in [2.45, 2.75) is 102 Å².